The number of likely N-dealkylation sites (tertiary alicyclic amines) is 1. The fraction of sp³-hybridized carbons (Fsp3) is 0.409. The Balaban J connectivity index is 2.12. The second kappa shape index (κ2) is 7.40. The van der Waals surface area contributed by atoms with E-state index in [0.29, 0.717) is 0 Å². The Hall–Kier alpha value is -2.13. The van der Waals surface area contributed by atoms with Crippen molar-refractivity contribution in [3.63, 3.8) is 0 Å². The molecule has 1 saturated heterocycles. The third kappa shape index (κ3) is 3.77. The summed E-state index contributed by atoms with van der Waals surface area (Å²) in [7, 11) is 0. The number of hydrogen-bond donors (Lipinski definition) is 1. The number of benzene rings is 2. The summed E-state index contributed by atoms with van der Waals surface area (Å²) in [5.41, 5.74) is 6.06. The minimum atomic E-state index is -0.706. The highest BCUT2D eigenvalue weighted by molar-refractivity contribution is 5.73. The molecule has 2 atom stereocenters. The highest BCUT2D eigenvalue weighted by atomic mass is 16.4. The molecule has 2 aromatic rings. The Kier molecular flexibility index (Phi) is 5.24. The molecule has 0 saturated carbocycles. The van der Waals surface area contributed by atoms with Crippen LogP contribution in [-0.2, 0) is 4.79 Å². The van der Waals surface area contributed by atoms with E-state index in [1.807, 2.05) is 0 Å². The van der Waals surface area contributed by atoms with Crippen molar-refractivity contribution in [3.8, 4) is 0 Å². The molecule has 1 fully saturated rings. The molecular weight excluding hydrogens is 310 g/mol. The summed E-state index contributed by atoms with van der Waals surface area (Å²) in [6, 6.07) is 14.5. The minimum absolute atomic E-state index is 0.0121. The first-order chi connectivity index (χ1) is 12.0. The Morgan fingerprint density at radius 1 is 1.08 bits per heavy atom. The number of piperidine rings is 1. The quantitative estimate of drug-likeness (QED) is 0.883. The molecule has 1 heterocycles. The van der Waals surface area contributed by atoms with Crippen LogP contribution < -0.4 is 0 Å². The molecule has 3 rings (SSSR count). The molecule has 3 nitrogen and oxygen atoms in total. The maximum Gasteiger partial charge on any atom is 0.320 e. The zero-order chi connectivity index (χ0) is 18.0. The van der Waals surface area contributed by atoms with Crippen LogP contribution in [0, 0.1) is 20.8 Å². The summed E-state index contributed by atoms with van der Waals surface area (Å²) in [6.07, 6.45) is 2.76. The van der Waals surface area contributed by atoms with E-state index in [0.717, 1.165) is 25.8 Å². The molecule has 0 bridgehead atoms. The van der Waals surface area contributed by atoms with Gasteiger partial charge in [-0.05, 0) is 56.8 Å². The molecular formula is C22H27NO2. The lowest BCUT2D eigenvalue weighted by atomic mass is 9.88. The third-order valence-electron chi connectivity index (χ3n) is 5.24. The average molecular weight is 337 g/mol. The van der Waals surface area contributed by atoms with E-state index in [1.54, 1.807) is 0 Å². The van der Waals surface area contributed by atoms with Crippen LogP contribution >= 0.6 is 0 Å². The number of aryl methyl sites for hydroxylation is 3. The summed E-state index contributed by atoms with van der Waals surface area (Å²) >= 11 is 0. The van der Waals surface area contributed by atoms with Crippen molar-refractivity contribution in [2.24, 2.45) is 0 Å². The van der Waals surface area contributed by atoms with E-state index in [4.69, 9.17) is 0 Å². The molecule has 3 heteroatoms. The van der Waals surface area contributed by atoms with Gasteiger partial charge in [-0.2, -0.15) is 0 Å². The van der Waals surface area contributed by atoms with Gasteiger partial charge in [0.2, 0.25) is 0 Å². The van der Waals surface area contributed by atoms with Gasteiger partial charge in [0.1, 0.15) is 6.04 Å². The van der Waals surface area contributed by atoms with Crippen molar-refractivity contribution in [1.29, 1.82) is 0 Å². The summed E-state index contributed by atoms with van der Waals surface area (Å²) in [6.45, 7) is 7.14. The molecule has 0 aromatic heterocycles. The van der Waals surface area contributed by atoms with Gasteiger partial charge in [-0.1, -0.05) is 60.0 Å². The lowest BCUT2D eigenvalue weighted by Crippen LogP contribution is -2.47. The van der Waals surface area contributed by atoms with Crippen molar-refractivity contribution >= 4 is 5.97 Å². The molecule has 1 aliphatic heterocycles. The van der Waals surface area contributed by atoms with Crippen LogP contribution in [0.15, 0.2) is 42.5 Å². The highest BCUT2D eigenvalue weighted by Crippen LogP contribution is 2.36. The summed E-state index contributed by atoms with van der Waals surface area (Å²) < 4.78 is 0. The number of hydrogen-bond acceptors (Lipinski definition) is 2. The number of aliphatic carboxylic acids is 1. The maximum absolute atomic E-state index is 11.9. The molecule has 0 spiro atoms. The second-order valence-electron chi connectivity index (χ2n) is 7.26. The summed E-state index contributed by atoms with van der Waals surface area (Å²) in [5.74, 6) is -0.706. The van der Waals surface area contributed by atoms with E-state index >= 15 is 0 Å². The van der Waals surface area contributed by atoms with E-state index in [9.17, 15) is 9.90 Å². The Labute approximate surface area is 150 Å². The first kappa shape index (κ1) is 17.7. The number of carboxylic acid groups (broad SMARTS) is 1. The normalized spacial score (nSPS) is 19.6. The van der Waals surface area contributed by atoms with Crippen LogP contribution in [0.5, 0.6) is 0 Å². The second-order valence-corrected chi connectivity index (χ2v) is 7.26. The SMILES string of the molecule is Cc1cccc(C(c2ccc(C)cc2C)N2CCCCC2C(=O)O)c1. The van der Waals surface area contributed by atoms with Gasteiger partial charge in [-0.15, -0.1) is 0 Å². The Bertz CT molecular complexity index is 768. The largest absolute Gasteiger partial charge is 0.480 e. The predicted molar refractivity (Wildman–Crippen MR) is 101 cm³/mol. The number of carbonyl (C=O) groups is 1. The number of nitrogens with zero attached hydrogens (tertiary/aromatic N) is 1. The number of carboxylic acids is 1. The van der Waals surface area contributed by atoms with E-state index < -0.39 is 12.0 Å². The van der Waals surface area contributed by atoms with Gasteiger partial charge in [-0.3, -0.25) is 9.69 Å². The first-order valence-electron chi connectivity index (χ1n) is 9.09. The van der Waals surface area contributed by atoms with Crippen molar-refractivity contribution in [1.82, 2.24) is 4.90 Å². The predicted octanol–water partition coefficient (Wildman–Crippen LogP) is 4.64. The Morgan fingerprint density at radius 2 is 1.84 bits per heavy atom. The van der Waals surface area contributed by atoms with Crippen molar-refractivity contribution in [2.45, 2.75) is 52.1 Å². The Morgan fingerprint density at radius 3 is 2.52 bits per heavy atom. The molecule has 0 radical (unpaired) electrons. The number of rotatable bonds is 4. The molecule has 2 aromatic carbocycles. The fourth-order valence-electron chi connectivity index (χ4n) is 4.05. The maximum atomic E-state index is 11.9. The van der Waals surface area contributed by atoms with E-state index in [2.05, 4.69) is 68.1 Å². The van der Waals surface area contributed by atoms with Gasteiger partial charge in [0.05, 0.1) is 6.04 Å². The molecule has 1 aliphatic rings. The molecule has 2 unspecified atom stereocenters. The summed E-state index contributed by atoms with van der Waals surface area (Å²) in [4.78, 5) is 14.1. The van der Waals surface area contributed by atoms with Gasteiger partial charge in [0.15, 0.2) is 0 Å². The van der Waals surface area contributed by atoms with Gasteiger partial charge in [0, 0.05) is 0 Å². The lowest BCUT2D eigenvalue weighted by molar-refractivity contribution is -0.145. The first-order valence-corrected chi connectivity index (χ1v) is 9.09. The van der Waals surface area contributed by atoms with E-state index in [1.165, 1.54) is 27.8 Å². The van der Waals surface area contributed by atoms with Crippen LogP contribution in [0.3, 0.4) is 0 Å². The zero-order valence-electron chi connectivity index (χ0n) is 15.3. The standard InChI is InChI=1S/C22H27NO2/c1-15-7-6-8-18(14-15)21(19-11-10-16(2)13-17(19)3)23-12-5-4-9-20(23)22(24)25/h6-8,10-11,13-14,20-21H,4-5,9,12H2,1-3H3,(H,24,25). The van der Waals surface area contributed by atoms with Crippen molar-refractivity contribution in [3.05, 3.63) is 70.3 Å². The van der Waals surface area contributed by atoms with Gasteiger partial charge in [0.25, 0.3) is 0 Å². The van der Waals surface area contributed by atoms with Crippen LogP contribution in [-0.4, -0.2) is 28.6 Å². The topological polar surface area (TPSA) is 40.5 Å². The van der Waals surface area contributed by atoms with Crippen LogP contribution in [0.2, 0.25) is 0 Å². The van der Waals surface area contributed by atoms with Crippen LogP contribution in [0.4, 0.5) is 0 Å². The van der Waals surface area contributed by atoms with Gasteiger partial charge >= 0.3 is 5.97 Å². The highest BCUT2D eigenvalue weighted by Gasteiger charge is 2.35. The molecule has 1 N–H and O–H groups in total. The minimum Gasteiger partial charge on any atom is -0.480 e. The van der Waals surface area contributed by atoms with Gasteiger partial charge < -0.3 is 5.11 Å². The van der Waals surface area contributed by atoms with Crippen LogP contribution in [0.25, 0.3) is 0 Å². The average Bonchev–Trinajstić information content (AvgIpc) is 2.57. The molecule has 0 aliphatic carbocycles. The van der Waals surface area contributed by atoms with E-state index in [-0.39, 0.29) is 6.04 Å². The smallest absolute Gasteiger partial charge is 0.320 e. The van der Waals surface area contributed by atoms with Crippen LogP contribution in [0.1, 0.15) is 53.1 Å². The third-order valence-corrected chi connectivity index (χ3v) is 5.24. The zero-order valence-corrected chi connectivity index (χ0v) is 15.3. The van der Waals surface area contributed by atoms with Crippen molar-refractivity contribution in [2.75, 3.05) is 6.54 Å². The van der Waals surface area contributed by atoms with Gasteiger partial charge in [-0.25, -0.2) is 0 Å². The lowest BCUT2D eigenvalue weighted by Gasteiger charge is -2.40. The molecule has 0 amide bonds. The molecule has 25 heavy (non-hydrogen) atoms. The summed E-state index contributed by atoms with van der Waals surface area (Å²) in [5, 5.41) is 9.78. The fourth-order valence-corrected chi connectivity index (χ4v) is 4.05. The monoisotopic (exact) mass is 337 g/mol. The molecule has 132 valence electrons. The van der Waals surface area contributed by atoms with Crippen molar-refractivity contribution < 1.29 is 9.90 Å².